The summed E-state index contributed by atoms with van der Waals surface area (Å²) < 4.78 is 18.2. The summed E-state index contributed by atoms with van der Waals surface area (Å²) in [5.74, 6) is 0.341. The molecule has 0 fully saturated rings. The quantitative estimate of drug-likeness (QED) is 0.742. The van der Waals surface area contributed by atoms with E-state index in [0.29, 0.717) is 5.75 Å². The SMILES string of the molecule is CCN(CC)Cc1cc(F)cc(OC)c1. The smallest absolute Gasteiger partial charge is 0.127 e. The molecule has 0 aromatic heterocycles. The van der Waals surface area contributed by atoms with Crippen molar-refractivity contribution in [2.75, 3.05) is 20.2 Å². The number of methoxy groups -OCH3 is 1. The van der Waals surface area contributed by atoms with Crippen LogP contribution in [0, 0.1) is 5.82 Å². The van der Waals surface area contributed by atoms with Crippen LogP contribution in [0.3, 0.4) is 0 Å². The van der Waals surface area contributed by atoms with Crippen molar-refractivity contribution in [2.45, 2.75) is 20.4 Å². The molecule has 0 amide bonds. The van der Waals surface area contributed by atoms with Gasteiger partial charge in [-0.15, -0.1) is 0 Å². The lowest BCUT2D eigenvalue weighted by Gasteiger charge is -2.18. The van der Waals surface area contributed by atoms with E-state index in [1.807, 2.05) is 6.07 Å². The maximum absolute atomic E-state index is 13.2. The molecule has 0 unspecified atom stereocenters. The summed E-state index contributed by atoms with van der Waals surface area (Å²) in [4.78, 5) is 2.23. The van der Waals surface area contributed by atoms with Gasteiger partial charge in [-0.25, -0.2) is 4.39 Å². The van der Waals surface area contributed by atoms with Gasteiger partial charge in [0.1, 0.15) is 11.6 Å². The molecular formula is C12H18FNO. The van der Waals surface area contributed by atoms with E-state index < -0.39 is 0 Å². The molecule has 1 rings (SSSR count). The third kappa shape index (κ3) is 3.51. The zero-order valence-corrected chi connectivity index (χ0v) is 9.59. The van der Waals surface area contributed by atoms with Crippen LogP contribution in [0.4, 0.5) is 4.39 Å². The van der Waals surface area contributed by atoms with Crippen molar-refractivity contribution in [2.24, 2.45) is 0 Å². The molecule has 0 saturated heterocycles. The van der Waals surface area contributed by atoms with E-state index in [0.717, 1.165) is 25.2 Å². The maximum Gasteiger partial charge on any atom is 0.127 e. The van der Waals surface area contributed by atoms with Crippen molar-refractivity contribution in [1.29, 1.82) is 0 Å². The van der Waals surface area contributed by atoms with Gasteiger partial charge in [0, 0.05) is 12.6 Å². The van der Waals surface area contributed by atoms with Crippen LogP contribution in [0.25, 0.3) is 0 Å². The van der Waals surface area contributed by atoms with E-state index in [4.69, 9.17) is 4.74 Å². The number of ether oxygens (including phenoxy) is 1. The molecule has 84 valence electrons. The van der Waals surface area contributed by atoms with Gasteiger partial charge in [0.15, 0.2) is 0 Å². The Labute approximate surface area is 90.7 Å². The lowest BCUT2D eigenvalue weighted by atomic mass is 10.2. The minimum Gasteiger partial charge on any atom is -0.497 e. The minimum atomic E-state index is -0.239. The lowest BCUT2D eigenvalue weighted by molar-refractivity contribution is 0.294. The Morgan fingerprint density at radius 1 is 1.20 bits per heavy atom. The molecule has 1 aromatic rings. The normalized spacial score (nSPS) is 10.7. The number of nitrogens with zero attached hydrogens (tertiary/aromatic N) is 1. The monoisotopic (exact) mass is 211 g/mol. The highest BCUT2D eigenvalue weighted by atomic mass is 19.1. The van der Waals surface area contributed by atoms with Gasteiger partial charge in [0.2, 0.25) is 0 Å². The first-order chi connectivity index (χ1) is 7.19. The molecule has 0 spiro atoms. The summed E-state index contributed by atoms with van der Waals surface area (Å²) in [6.45, 7) is 6.89. The van der Waals surface area contributed by atoms with Gasteiger partial charge in [-0.2, -0.15) is 0 Å². The van der Waals surface area contributed by atoms with Gasteiger partial charge >= 0.3 is 0 Å². The molecule has 0 atom stereocenters. The Hall–Kier alpha value is -1.09. The van der Waals surface area contributed by atoms with E-state index in [1.165, 1.54) is 6.07 Å². The third-order valence-electron chi connectivity index (χ3n) is 2.47. The van der Waals surface area contributed by atoms with E-state index in [2.05, 4.69) is 18.7 Å². The molecule has 0 saturated carbocycles. The highest BCUT2D eigenvalue weighted by molar-refractivity contribution is 5.29. The van der Waals surface area contributed by atoms with E-state index in [1.54, 1.807) is 13.2 Å². The molecule has 3 heteroatoms. The number of rotatable bonds is 5. The Morgan fingerprint density at radius 3 is 2.40 bits per heavy atom. The number of hydrogen-bond acceptors (Lipinski definition) is 2. The van der Waals surface area contributed by atoms with E-state index in [9.17, 15) is 4.39 Å². The Morgan fingerprint density at radius 2 is 1.87 bits per heavy atom. The number of halogens is 1. The number of benzene rings is 1. The van der Waals surface area contributed by atoms with Crippen molar-refractivity contribution >= 4 is 0 Å². The van der Waals surface area contributed by atoms with Gasteiger partial charge < -0.3 is 4.74 Å². The number of hydrogen-bond donors (Lipinski definition) is 0. The van der Waals surface area contributed by atoms with Gasteiger partial charge in [-0.3, -0.25) is 4.90 Å². The average Bonchev–Trinajstić information content (AvgIpc) is 2.25. The predicted octanol–water partition coefficient (Wildman–Crippen LogP) is 2.68. The minimum absolute atomic E-state index is 0.239. The molecule has 1 aromatic carbocycles. The topological polar surface area (TPSA) is 12.5 Å². The first kappa shape index (κ1) is 12.0. The van der Waals surface area contributed by atoms with Crippen LogP contribution < -0.4 is 4.74 Å². The van der Waals surface area contributed by atoms with Crippen LogP contribution in [0.15, 0.2) is 18.2 Å². The fourth-order valence-electron chi connectivity index (χ4n) is 1.54. The summed E-state index contributed by atoms with van der Waals surface area (Å²) in [7, 11) is 1.55. The highest BCUT2D eigenvalue weighted by Crippen LogP contribution is 2.17. The largest absolute Gasteiger partial charge is 0.497 e. The van der Waals surface area contributed by atoms with Crippen LogP contribution in [-0.4, -0.2) is 25.1 Å². The first-order valence-corrected chi connectivity index (χ1v) is 5.25. The molecule has 0 aliphatic rings. The third-order valence-corrected chi connectivity index (χ3v) is 2.47. The van der Waals surface area contributed by atoms with Crippen LogP contribution in [-0.2, 0) is 6.54 Å². The average molecular weight is 211 g/mol. The second kappa shape index (κ2) is 5.71. The van der Waals surface area contributed by atoms with E-state index >= 15 is 0 Å². The van der Waals surface area contributed by atoms with Crippen LogP contribution in [0.5, 0.6) is 5.75 Å². The summed E-state index contributed by atoms with van der Waals surface area (Å²) in [5, 5.41) is 0. The zero-order chi connectivity index (χ0) is 11.3. The molecule has 0 aliphatic heterocycles. The molecule has 0 aliphatic carbocycles. The zero-order valence-electron chi connectivity index (χ0n) is 9.59. The first-order valence-electron chi connectivity index (χ1n) is 5.25. The van der Waals surface area contributed by atoms with Crippen molar-refractivity contribution in [3.05, 3.63) is 29.6 Å². The maximum atomic E-state index is 13.2. The van der Waals surface area contributed by atoms with Gasteiger partial charge in [-0.05, 0) is 30.8 Å². The molecule has 0 heterocycles. The molecule has 0 radical (unpaired) electrons. The van der Waals surface area contributed by atoms with Crippen molar-refractivity contribution in [1.82, 2.24) is 4.90 Å². The van der Waals surface area contributed by atoms with Gasteiger partial charge in [0.25, 0.3) is 0 Å². The molecule has 0 bridgehead atoms. The van der Waals surface area contributed by atoms with Crippen LogP contribution in [0.2, 0.25) is 0 Å². The summed E-state index contributed by atoms with van der Waals surface area (Å²) in [6.07, 6.45) is 0. The fraction of sp³-hybridized carbons (Fsp3) is 0.500. The summed E-state index contributed by atoms with van der Waals surface area (Å²) in [6, 6.07) is 4.83. The predicted molar refractivity (Wildman–Crippen MR) is 59.6 cm³/mol. The van der Waals surface area contributed by atoms with Crippen molar-refractivity contribution < 1.29 is 9.13 Å². The van der Waals surface area contributed by atoms with E-state index in [-0.39, 0.29) is 5.82 Å². The van der Waals surface area contributed by atoms with Crippen LogP contribution >= 0.6 is 0 Å². The Balaban J connectivity index is 2.79. The standard InChI is InChI=1S/C12H18FNO/c1-4-14(5-2)9-10-6-11(13)8-12(7-10)15-3/h6-8H,4-5,9H2,1-3H3. The van der Waals surface area contributed by atoms with Gasteiger partial charge in [-0.1, -0.05) is 13.8 Å². The summed E-state index contributed by atoms with van der Waals surface area (Å²) in [5.41, 5.74) is 0.954. The fourth-order valence-corrected chi connectivity index (χ4v) is 1.54. The molecule has 15 heavy (non-hydrogen) atoms. The molecule has 2 nitrogen and oxygen atoms in total. The molecular weight excluding hydrogens is 193 g/mol. The molecule has 0 N–H and O–H groups in total. The summed E-state index contributed by atoms with van der Waals surface area (Å²) >= 11 is 0. The van der Waals surface area contributed by atoms with Gasteiger partial charge in [0.05, 0.1) is 7.11 Å². The second-order valence-corrected chi connectivity index (χ2v) is 3.46. The van der Waals surface area contributed by atoms with Crippen molar-refractivity contribution in [3.63, 3.8) is 0 Å². The van der Waals surface area contributed by atoms with Crippen molar-refractivity contribution in [3.8, 4) is 5.75 Å². The second-order valence-electron chi connectivity index (χ2n) is 3.46. The Bertz CT molecular complexity index is 310. The lowest BCUT2D eigenvalue weighted by Crippen LogP contribution is -2.22. The Kier molecular flexibility index (Phi) is 4.56. The highest BCUT2D eigenvalue weighted by Gasteiger charge is 2.04. The van der Waals surface area contributed by atoms with Crippen LogP contribution in [0.1, 0.15) is 19.4 Å².